The van der Waals surface area contributed by atoms with Gasteiger partial charge in [0, 0.05) is 4.47 Å². The van der Waals surface area contributed by atoms with Crippen molar-refractivity contribution in [1.29, 1.82) is 0 Å². The lowest BCUT2D eigenvalue weighted by Gasteiger charge is -2.13. The highest BCUT2D eigenvalue weighted by Gasteiger charge is 2.22. The second kappa shape index (κ2) is 11.1. The average molecular weight is 487 g/mol. The first-order valence-electron chi connectivity index (χ1n) is 8.41. The summed E-state index contributed by atoms with van der Waals surface area (Å²) >= 11 is 3.27. The van der Waals surface area contributed by atoms with Crippen LogP contribution in [0.2, 0.25) is 0 Å². The average Bonchev–Trinajstić information content (AvgIpc) is 2.72. The van der Waals surface area contributed by atoms with Gasteiger partial charge in [-0.15, -0.1) is 0 Å². The van der Waals surface area contributed by atoms with Crippen molar-refractivity contribution >= 4 is 39.4 Å². The molecule has 0 fully saturated rings. The van der Waals surface area contributed by atoms with E-state index < -0.39 is 36.8 Å². The summed E-state index contributed by atoms with van der Waals surface area (Å²) in [7, 11) is 1.22. The molecule has 2 rings (SSSR count). The maximum atomic E-state index is 12.6. The number of ether oxygens (including phenoxy) is 3. The lowest BCUT2D eigenvalue weighted by molar-refractivity contribution is -0.126. The van der Waals surface area contributed by atoms with E-state index in [-0.39, 0.29) is 17.9 Å². The van der Waals surface area contributed by atoms with Gasteiger partial charge >= 0.3 is 12.6 Å². The molecule has 0 bridgehead atoms. The van der Waals surface area contributed by atoms with Crippen LogP contribution in [-0.4, -0.2) is 44.7 Å². The van der Waals surface area contributed by atoms with Crippen molar-refractivity contribution < 1.29 is 37.4 Å². The Balaban J connectivity index is 1.88. The van der Waals surface area contributed by atoms with E-state index in [0.717, 1.165) is 0 Å². The van der Waals surface area contributed by atoms with Gasteiger partial charge in [0.1, 0.15) is 5.56 Å². The molecule has 160 valence electrons. The first kappa shape index (κ1) is 23.1. The standard InChI is InChI=1S/C19H17BrF2N2O6/c1-28-14-8-4-5-11(17(14)30-19(21)22)18(27)29-10-16(26)23-9-15(25)24-13-7-3-2-6-12(13)20/h2-8,19H,9-10H2,1H3,(H,23,26)(H,24,25). The molecule has 0 aliphatic rings. The van der Waals surface area contributed by atoms with Crippen LogP contribution >= 0.6 is 15.9 Å². The largest absolute Gasteiger partial charge is 0.493 e. The molecule has 0 saturated carbocycles. The van der Waals surface area contributed by atoms with Crippen molar-refractivity contribution in [2.75, 3.05) is 25.6 Å². The number of carbonyl (C=O) groups is 3. The van der Waals surface area contributed by atoms with Gasteiger partial charge in [-0.1, -0.05) is 18.2 Å². The molecule has 0 aromatic heterocycles. The fourth-order valence-electron chi connectivity index (χ4n) is 2.24. The number of para-hydroxylation sites is 2. The van der Waals surface area contributed by atoms with Crippen LogP contribution in [0.5, 0.6) is 11.5 Å². The molecule has 30 heavy (non-hydrogen) atoms. The molecular formula is C19H17BrF2N2O6. The number of hydrogen-bond acceptors (Lipinski definition) is 6. The van der Waals surface area contributed by atoms with E-state index in [1.165, 1.54) is 25.3 Å². The zero-order valence-electron chi connectivity index (χ0n) is 15.6. The molecule has 0 aliphatic heterocycles. The van der Waals surface area contributed by atoms with E-state index in [1.54, 1.807) is 24.3 Å². The number of carbonyl (C=O) groups excluding carboxylic acids is 3. The summed E-state index contributed by atoms with van der Waals surface area (Å²) in [5.74, 6) is -2.93. The van der Waals surface area contributed by atoms with Crippen molar-refractivity contribution in [1.82, 2.24) is 5.32 Å². The fraction of sp³-hybridized carbons (Fsp3) is 0.211. The first-order chi connectivity index (χ1) is 14.3. The lowest BCUT2D eigenvalue weighted by Crippen LogP contribution is -2.35. The molecule has 11 heteroatoms. The molecule has 0 spiro atoms. The Morgan fingerprint density at radius 1 is 1.07 bits per heavy atom. The number of amides is 2. The summed E-state index contributed by atoms with van der Waals surface area (Å²) in [4.78, 5) is 35.9. The second-order valence-corrected chi connectivity index (χ2v) is 6.45. The van der Waals surface area contributed by atoms with E-state index in [1.807, 2.05) is 0 Å². The van der Waals surface area contributed by atoms with Gasteiger partial charge in [-0.2, -0.15) is 8.78 Å². The molecule has 2 amide bonds. The number of hydrogen-bond donors (Lipinski definition) is 2. The highest BCUT2D eigenvalue weighted by molar-refractivity contribution is 9.10. The number of halogens is 3. The van der Waals surface area contributed by atoms with E-state index in [0.29, 0.717) is 10.2 Å². The first-order valence-corrected chi connectivity index (χ1v) is 9.21. The molecule has 0 saturated heterocycles. The van der Waals surface area contributed by atoms with Crippen LogP contribution in [0.1, 0.15) is 10.4 Å². The van der Waals surface area contributed by atoms with Crippen molar-refractivity contribution in [3.63, 3.8) is 0 Å². The quantitative estimate of drug-likeness (QED) is 0.528. The molecule has 2 aromatic rings. The third kappa shape index (κ3) is 6.69. The summed E-state index contributed by atoms with van der Waals surface area (Å²) in [6.07, 6.45) is 0. The van der Waals surface area contributed by atoms with Gasteiger partial charge in [-0.25, -0.2) is 4.79 Å². The van der Waals surface area contributed by atoms with Crippen LogP contribution in [0.25, 0.3) is 0 Å². The Labute approximate surface area is 178 Å². The Morgan fingerprint density at radius 3 is 2.47 bits per heavy atom. The number of nitrogens with one attached hydrogen (secondary N) is 2. The summed E-state index contributed by atoms with van der Waals surface area (Å²) in [6, 6.07) is 10.8. The number of alkyl halides is 2. The van der Waals surface area contributed by atoms with Gasteiger partial charge in [-0.05, 0) is 40.2 Å². The van der Waals surface area contributed by atoms with Gasteiger partial charge in [0.25, 0.3) is 5.91 Å². The van der Waals surface area contributed by atoms with Crippen molar-refractivity contribution in [2.24, 2.45) is 0 Å². The summed E-state index contributed by atoms with van der Waals surface area (Å²) in [5.41, 5.74) is 0.182. The van der Waals surface area contributed by atoms with Crippen LogP contribution in [0.4, 0.5) is 14.5 Å². The number of benzene rings is 2. The summed E-state index contributed by atoms with van der Waals surface area (Å²) < 4.78 is 39.9. The molecule has 8 nitrogen and oxygen atoms in total. The topological polar surface area (TPSA) is 103 Å². The molecule has 0 unspecified atom stereocenters. The number of rotatable bonds is 9. The lowest BCUT2D eigenvalue weighted by atomic mass is 10.2. The third-order valence-corrected chi connectivity index (χ3v) is 4.25. The van der Waals surface area contributed by atoms with Crippen LogP contribution in [0.15, 0.2) is 46.9 Å². The Bertz CT molecular complexity index is 926. The monoisotopic (exact) mass is 486 g/mol. The third-order valence-electron chi connectivity index (χ3n) is 3.55. The van der Waals surface area contributed by atoms with Crippen LogP contribution in [0, 0.1) is 0 Å². The molecule has 2 aromatic carbocycles. The Kier molecular flexibility index (Phi) is 8.54. The molecule has 0 atom stereocenters. The zero-order valence-corrected chi connectivity index (χ0v) is 17.2. The van der Waals surface area contributed by atoms with Gasteiger partial charge < -0.3 is 24.8 Å². The van der Waals surface area contributed by atoms with E-state index in [4.69, 9.17) is 9.47 Å². The Hall–Kier alpha value is -3.21. The van der Waals surface area contributed by atoms with E-state index >= 15 is 0 Å². The minimum atomic E-state index is -3.20. The minimum absolute atomic E-state index is 0.0991. The SMILES string of the molecule is COc1cccc(C(=O)OCC(=O)NCC(=O)Nc2ccccc2Br)c1OC(F)F. The van der Waals surface area contributed by atoms with Gasteiger partial charge in [0.2, 0.25) is 5.91 Å². The highest BCUT2D eigenvalue weighted by atomic mass is 79.9. The molecule has 0 heterocycles. The van der Waals surface area contributed by atoms with Crippen LogP contribution in [-0.2, 0) is 14.3 Å². The van der Waals surface area contributed by atoms with Gasteiger partial charge in [0.05, 0.1) is 19.3 Å². The Morgan fingerprint density at radius 2 is 1.80 bits per heavy atom. The van der Waals surface area contributed by atoms with Gasteiger partial charge in [-0.3, -0.25) is 9.59 Å². The molecule has 0 radical (unpaired) electrons. The maximum absolute atomic E-state index is 12.6. The normalized spacial score (nSPS) is 10.3. The summed E-state index contributed by atoms with van der Waals surface area (Å²) in [5, 5.41) is 4.86. The predicted molar refractivity (Wildman–Crippen MR) is 106 cm³/mol. The fourth-order valence-corrected chi connectivity index (χ4v) is 2.63. The van der Waals surface area contributed by atoms with Crippen LogP contribution < -0.4 is 20.1 Å². The van der Waals surface area contributed by atoms with Crippen molar-refractivity contribution in [3.8, 4) is 11.5 Å². The zero-order chi connectivity index (χ0) is 22.1. The molecular weight excluding hydrogens is 470 g/mol. The van der Waals surface area contributed by atoms with Gasteiger partial charge in [0.15, 0.2) is 18.1 Å². The molecule has 2 N–H and O–H groups in total. The van der Waals surface area contributed by atoms with E-state index in [2.05, 4.69) is 31.3 Å². The molecule has 0 aliphatic carbocycles. The highest BCUT2D eigenvalue weighted by Crippen LogP contribution is 2.32. The van der Waals surface area contributed by atoms with Crippen molar-refractivity contribution in [3.05, 3.63) is 52.5 Å². The predicted octanol–water partition coefficient (Wildman–Crippen LogP) is 2.97. The number of anilines is 1. The maximum Gasteiger partial charge on any atom is 0.387 e. The number of esters is 1. The smallest absolute Gasteiger partial charge is 0.387 e. The van der Waals surface area contributed by atoms with E-state index in [9.17, 15) is 23.2 Å². The summed E-state index contributed by atoms with van der Waals surface area (Å²) in [6.45, 7) is -4.29. The van der Waals surface area contributed by atoms with Crippen LogP contribution in [0.3, 0.4) is 0 Å². The second-order valence-electron chi connectivity index (χ2n) is 5.60. The van der Waals surface area contributed by atoms with Crippen molar-refractivity contribution in [2.45, 2.75) is 6.61 Å². The number of methoxy groups -OCH3 is 1. The minimum Gasteiger partial charge on any atom is -0.493 e.